The van der Waals surface area contributed by atoms with Crippen molar-refractivity contribution in [2.24, 2.45) is 0 Å². The van der Waals surface area contributed by atoms with Crippen molar-refractivity contribution in [3.8, 4) is 0 Å². The average molecular weight is 321 g/mol. The third kappa shape index (κ3) is 4.94. The summed E-state index contributed by atoms with van der Waals surface area (Å²) in [4.78, 5) is 25.9. The Hall–Kier alpha value is -2.12. The summed E-state index contributed by atoms with van der Waals surface area (Å²) in [5.41, 5.74) is 1.23. The maximum Gasteiger partial charge on any atom is 0.319 e. The highest BCUT2D eigenvalue weighted by Gasteiger charge is 2.24. The molecule has 1 atom stereocenters. The Balaban J connectivity index is 1.91. The van der Waals surface area contributed by atoms with Crippen LogP contribution in [-0.4, -0.2) is 62.9 Å². The number of urea groups is 1. The lowest BCUT2D eigenvalue weighted by atomic mass is 10.1. The van der Waals surface area contributed by atoms with Gasteiger partial charge in [0.05, 0.1) is 25.9 Å². The first kappa shape index (κ1) is 17.2. The molecular formula is C16H23N3O4. The van der Waals surface area contributed by atoms with E-state index in [4.69, 9.17) is 9.47 Å². The smallest absolute Gasteiger partial charge is 0.319 e. The Bertz CT molecular complexity index is 533. The van der Waals surface area contributed by atoms with Crippen molar-refractivity contribution in [1.82, 2.24) is 10.2 Å². The first-order valence-corrected chi connectivity index (χ1v) is 7.64. The van der Waals surface area contributed by atoms with E-state index in [2.05, 4.69) is 10.6 Å². The molecule has 1 fully saturated rings. The molecular weight excluding hydrogens is 298 g/mol. The highest BCUT2D eigenvalue weighted by Crippen LogP contribution is 2.15. The van der Waals surface area contributed by atoms with Crippen LogP contribution in [0.25, 0.3) is 0 Å². The standard InChI is InChI=1S/C16H23N3O4/c1-12-11-23-10-8-19(12)15(20)13-3-5-14(6-4-13)18-16(21)17-7-9-22-2/h3-6,12H,7-11H2,1-2H3,(H2,17,18,21). The van der Waals surface area contributed by atoms with E-state index in [1.807, 2.05) is 11.8 Å². The Kier molecular flexibility index (Phi) is 6.37. The molecule has 0 radical (unpaired) electrons. The van der Waals surface area contributed by atoms with Crippen molar-refractivity contribution < 1.29 is 19.1 Å². The number of nitrogens with one attached hydrogen (secondary N) is 2. The molecule has 0 spiro atoms. The number of rotatable bonds is 5. The van der Waals surface area contributed by atoms with E-state index >= 15 is 0 Å². The zero-order valence-corrected chi connectivity index (χ0v) is 13.5. The van der Waals surface area contributed by atoms with Crippen LogP contribution in [0, 0.1) is 0 Å². The Morgan fingerprint density at radius 3 is 2.74 bits per heavy atom. The number of morpholine rings is 1. The number of ether oxygens (including phenoxy) is 2. The first-order chi connectivity index (χ1) is 11.1. The molecule has 0 aromatic heterocycles. The second-order valence-corrected chi connectivity index (χ2v) is 5.37. The predicted molar refractivity (Wildman–Crippen MR) is 86.7 cm³/mol. The molecule has 0 aliphatic carbocycles. The second-order valence-electron chi connectivity index (χ2n) is 5.37. The minimum atomic E-state index is -0.303. The van der Waals surface area contributed by atoms with Gasteiger partial charge < -0.3 is 25.0 Å². The third-order valence-corrected chi connectivity index (χ3v) is 3.61. The summed E-state index contributed by atoms with van der Waals surface area (Å²) in [7, 11) is 1.57. The molecule has 1 aliphatic heterocycles. The second kappa shape index (κ2) is 8.50. The quantitative estimate of drug-likeness (QED) is 0.802. The van der Waals surface area contributed by atoms with Gasteiger partial charge in [-0.2, -0.15) is 0 Å². The molecule has 1 aromatic rings. The van der Waals surface area contributed by atoms with Crippen LogP contribution < -0.4 is 10.6 Å². The number of anilines is 1. The van der Waals surface area contributed by atoms with E-state index in [1.54, 1.807) is 31.4 Å². The zero-order valence-electron chi connectivity index (χ0n) is 13.5. The van der Waals surface area contributed by atoms with Crippen LogP contribution in [0.5, 0.6) is 0 Å². The highest BCUT2D eigenvalue weighted by atomic mass is 16.5. The monoisotopic (exact) mass is 321 g/mol. The largest absolute Gasteiger partial charge is 0.383 e. The molecule has 1 saturated heterocycles. The van der Waals surface area contributed by atoms with Crippen molar-refractivity contribution in [2.45, 2.75) is 13.0 Å². The lowest BCUT2D eigenvalue weighted by Gasteiger charge is -2.33. The Morgan fingerprint density at radius 2 is 2.09 bits per heavy atom. The molecule has 1 aliphatic rings. The van der Waals surface area contributed by atoms with Gasteiger partial charge in [0.1, 0.15) is 0 Å². The van der Waals surface area contributed by atoms with E-state index in [0.717, 1.165) is 0 Å². The number of benzene rings is 1. The molecule has 0 saturated carbocycles. The Morgan fingerprint density at radius 1 is 1.35 bits per heavy atom. The summed E-state index contributed by atoms with van der Waals surface area (Å²) in [6.07, 6.45) is 0. The van der Waals surface area contributed by atoms with Gasteiger partial charge in [0, 0.05) is 31.5 Å². The SMILES string of the molecule is COCCNC(=O)Nc1ccc(C(=O)N2CCOCC2C)cc1. The fraction of sp³-hybridized carbons (Fsp3) is 0.500. The maximum absolute atomic E-state index is 12.5. The number of hydrogen-bond acceptors (Lipinski definition) is 4. The van der Waals surface area contributed by atoms with Gasteiger partial charge in [0.25, 0.3) is 5.91 Å². The summed E-state index contributed by atoms with van der Waals surface area (Å²) in [6.45, 7) is 4.59. The van der Waals surface area contributed by atoms with Crippen molar-refractivity contribution in [3.63, 3.8) is 0 Å². The summed E-state index contributed by atoms with van der Waals surface area (Å²) < 4.78 is 10.2. The predicted octanol–water partition coefficient (Wildman–Crippen LogP) is 1.32. The number of carbonyl (C=O) groups is 2. The van der Waals surface area contributed by atoms with Gasteiger partial charge in [-0.15, -0.1) is 0 Å². The van der Waals surface area contributed by atoms with E-state index in [0.29, 0.717) is 44.2 Å². The molecule has 3 amide bonds. The van der Waals surface area contributed by atoms with Gasteiger partial charge in [-0.1, -0.05) is 0 Å². The van der Waals surface area contributed by atoms with Gasteiger partial charge >= 0.3 is 6.03 Å². The van der Waals surface area contributed by atoms with Crippen LogP contribution in [0.4, 0.5) is 10.5 Å². The van der Waals surface area contributed by atoms with Gasteiger partial charge in [0.2, 0.25) is 0 Å². The van der Waals surface area contributed by atoms with Crippen molar-refractivity contribution in [1.29, 1.82) is 0 Å². The van der Waals surface area contributed by atoms with E-state index in [1.165, 1.54) is 0 Å². The Labute approximate surface area is 135 Å². The van der Waals surface area contributed by atoms with Crippen LogP contribution >= 0.6 is 0 Å². The summed E-state index contributed by atoms with van der Waals surface area (Å²) in [6, 6.07) is 6.64. The van der Waals surface area contributed by atoms with Crippen LogP contribution in [-0.2, 0) is 9.47 Å². The number of carbonyl (C=O) groups excluding carboxylic acids is 2. The number of nitrogens with zero attached hydrogens (tertiary/aromatic N) is 1. The third-order valence-electron chi connectivity index (χ3n) is 3.61. The molecule has 2 N–H and O–H groups in total. The summed E-state index contributed by atoms with van der Waals surface area (Å²) >= 11 is 0. The van der Waals surface area contributed by atoms with Gasteiger partial charge in [0.15, 0.2) is 0 Å². The summed E-state index contributed by atoms with van der Waals surface area (Å²) in [5.74, 6) is -0.0168. The normalized spacial score (nSPS) is 17.7. The van der Waals surface area contributed by atoms with Crippen LogP contribution in [0.1, 0.15) is 17.3 Å². The van der Waals surface area contributed by atoms with Crippen LogP contribution in [0.15, 0.2) is 24.3 Å². The van der Waals surface area contributed by atoms with Gasteiger partial charge in [-0.3, -0.25) is 4.79 Å². The van der Waals surface area contributed by atoms with E-state index in [-0.39, 0.29) is 18.0 Å². The fourth-order valence-corrected chi connectivity index (χ4v) is 2.33. The minimum absolute atomic E-state index is 0.0168. The van der Waals surface area contributed by atoms with Gasteiger partial charge in [-0.25, -0.2) is 4.79 Å². The zero-order chi connectivity index (χ0) is 16.7. The maximum atomic E-state index is 12.5. The topological polar surface area (TPSA) is 79.9 Å². The lowest BCUT2D eigenvalue weighted by molar-refractivity contribution is 0.00359. The molecule has 1 heterocycles. The number of methoxy groups -OCH3 is 1. The number of amides is 3. The van der Waals surface area contributed by atoms with Crippen molar-refractivity contribution in [2.75, 3.05) is 45.3 Å². The molecule has 7 heteroatoms. The molecule has 1 aromatic carbocycles. The highest BCUT2D eigenvalue weighted by molar-refractivity contribution is 5.95. The molecule has 1 unspecified atom stereocenters. The van der Waals surface area contributed by atoms with Crippen LogP contribution in [0.2, 0.25) is 0 Å². The first-order valence-electron chi connectivity index (χ1n) is 7.64. The van der Waals surface area contributed by atoms with Crippen molar-refractivity contribution in [3.05, 3.63) is 29.8 Å². The fourth-order valence-electron chi connectivity index (χ4n) is 2.33. The van der Waals surface area contributed by atoms with E-state index in [9.17, 15) is 9.59 Å². The molecule has 126 valence electrons. The lowest BCUT2D eigenvalue weighted by Crippen LogP contribution is -2.47. The molecule has 2 rings (SSSR count). The average Bonchev–Trinajstić information content (AvgIpc) is 2.56. The number of hydrogen-bond donors (Lipinski definition) is 2. The van der Waals surface area contributed by atoms with Gasteiger partial charge in [-0.05, 0) is 31.2 Å². The minimum Gasteiger partial charge on any atom is -0.383 e. The van der Waals surface area contributed by atoms with E-state index < -0.39 is 0 Å². The molecule has 23 heavy (non-hydrogen) atoms. The molecule has 0 bridgehead atoms. The van der Waals surface area contributed by atoms with Crippen molar-refractivity contribution >= 4 is 17.6 Å². The molecule has 7 nitrogen and oxygen atoms in total. The summed E-state index contributed by atoms with van der Waals surface area (Å²) in [5, 5.41) is 5.37. The van der Waals surface area contributed by atoms with Crippen LogP contribution in [0.3, 0.4) is 0 Å².